The Kier molecular flexibility index (Phi) is 3.79. The van der Waals surface area contributed by atoms with Crippen molar-refractivity contribution in [3.63, 3.8) is 0 Å². The Bertz CT molecular complexity index is 654. The third-order valence-corrected chi connectivity index (χ3v) is 2.92. The molecule has 4 N–H and O–H groups in total. The van der Waals surface area contributed by atoms with Gasteiger partial charge in [0.05, 0.1) is 29.7 Å². The summed E-state index contributed by atoms with van der Waals surface area (Å²) in [6, 6.07) is 10.2. The first-order valence-electron chi connectivity index (χ1n) is 6.05. The van der Waals surface area contributed by atoms with Gasteiger partial charge in [-0.15, -0.1) is 0 Å². The first-order chi connectivity index (χ1) is 9.51. The highest BCUT2D eigenvalue weighted by atomic mass is 16.5. The summed E-state index contributed by atoms with van der Waals surface area (Å²) in [5.74, 6) is -0.333. The molecule has 2 rings (SSSR count). The summed E-state index contributed by atoms with van der Waals surface area (Å²) in [4.78, 5) is 11.0. The Morgan fingerprint density at radius 3 is 2.60 bits per heavy atom. The average molecular weight is 272 g/mol. The van der Waals surface area contributed by atoms with Crippen molar-refractivity contribution in [2.24, 2.45) is 0 Å². The standard InChI is InChI=1S/C15H16N2O3/c1-9-3-6-14(20-2)13(7-9)17-12-8-10(15(18)19)4-5-11(12)16/h3-8,17H,16H2,1-2H3,(H,18,19). The second-order valence-electron chi connectivity index (χ2n) is 4.44. The molecule has 20 heavy (non-hydrogen) atoms. The van der Waals surface area contributed by atoms with Crippen molar-refractivity contribution >= 4 is 23.0 Å². The van der Waals surface area contributed by atoms with Crippen LogP contribution in [0.4, 0.5) is 17.1 Å². The fraction of sp³-hybridized carbons (Fsp3) is 0.133. The van der Waals surface area contributed by atoms with Gasteiger partial charge >= 0.3 is 5.97 Å². The Morgan fingerprint density at radius 2 is 1.95 bits per heavy atom. The molecule has 0 spiro atoms. The lowest BCUT2D eigenvalue weighted by atomic mass is 10.1. The Morgan fingerprint density at radius 1 is 1.20 bits per heavy atom. The number of anilines is 3. The third kappa shape index (κ3) is 2.83. The van der Waals surface area contributed by atoms with E-state index < -0.39 is 5.97 Å². The van der Waals surface area contributed by atoms with E-state index >= 15 is 0 Å². The van der Waals surface area contributed by atoms with Crippen LogP contribution in [0.5, 0.6) is 5.75 Å². The molecule has 0 unspecified atom stereocenters. The van der Waals surface area contributed by atoms with Gasteiger partial charge in [0.15, 0.2) is 0 Å². The topological polar surface area (TPSA) is 84.6 Å². The maximum absolute atomic E-state index is 11.0. The molecular weight excluding hydrogens is 256 g/mol. The number of nitrogens with two attached hydrogens (primary N) is 1. The van der Waals surface area contributed by atoms with Gasteiger partial charge in [0.2, 0.25) is 0 Å². The predicted octanol–water partition coefficient (Wildman–Crippen LogP) is 3.03. The summed E-state index contributed by atoms with van der Waals surface area (Å²) in [7, 11) is 1.58. The van der Waals surface area contributed by atoms with Gasteiger partial charge in [0.25, 0.3) is 0 Å². The molecule has 0 radical (unpaired) electrons. The molecule has 0 bridgehead atoms. The van der Waals surface area contributed by atoms with Crippen LogP contribution in [-0.4, -0.2) is 18.2 Å². The van der Waals surface area contributed by atoms with E-state index in [1.54, 1.807) is 13.2 Å². The lowest BCUT2D eigenvalue weighted by molar-refractivity contribution is 0.0697. The molecule has 0 fully saturated rings. The number of nitrogens with one attached hydrogen (secondary N) is 1. The van der Waals surface area contributed by atoms with E-state index in [1.807, 2.05) is 25.1 Å². The normalized spacial score (nSPS) is 10.1. The SMILES string of the molecule is COc1ccc(C)cc1Nc1cc(C(=O)O)ccc1N. The number of hydrogen-bond donors (Lipinski definition) is 3. The summed E-state index contributed by atoms with van der Waals surface area (Å²) in [5, 5.41) is 12.1. The van der Waals surface area contributed by atoms with E-state index in [2.05, 4.69) is 5.32 Å². The number of carboxylic acids is 1. The van der Waals surface area contributed by atoms with Gasteiger partial charge in [0, 0.05) is 0 Å². The van der Waals surface area contributed by atoms with Gasteiger partial charge in [-0.05, 0) is 42.8 Å². The van der Waals surface area contributed by atoms with E-state index in [-0.39, 0.29) is 5.56 Å². The molecule has 0 aliphatic carbocycles. The van der Waals surface area contributed by atoms with E-state index in [0.29, 0.717) is 17.1 Å². The molecule has 5 nitrogen and oxygen atoms in total. The highest BCUT2D eigenvalue weighted by Crippen LogP contribution is 2.31. The van der Waals surface area contributed by atoms with Crippen molar-refractivity contribution in [1.82, 2.24) is 0 Å². The molecule has 0 heterocycles. The minimum Gasteiger partial charge on any atom is -0.495 e. The predicted molar refractivity (Wildman–Crippen MR) is 78.8 cm³/mol. The molecule has 0 aliphatic rings. The lowest BCUT2D eigenvalue weighted by Gasteiger charge is -2.14. The zero-order chi connectivity index (χ0) is 14.7. The number of benzene rings is 2. The van der Waals surface area contributed by atoms with Gasteiger partial charge in [-0.1, -0.05) is 6.07 Å². The van der Waals surface area contributed by atoms with E-state index in [1.165, 1.54) is 12.1 Å². The van der Waals surface area contributed by atoms with Crippen molar-refractivity contribution in [3.05, 3.63) is 47.5 Å². The molecule has 2 aromatic rings. The molecule has 2 aromatic carbocycles. The van der Waals surface area contributed by atoms with Crippen LogP contribution in [0.25, 0.3) is 0 Å². The fourth-order valence-electron chi connectivity index (χ4n) is 1.86. The smallest absolute Gasteiger partial charge is 0.335 e. The second kappa shape index (κ2) is 5.52. The molecule has 104 valence electrons. The second-order valence-corrected chi connectivity index (χ2v) is 4.44. The summed E-state index contributed by atoms with van der Waals surface area (Å²) >= 11 is 0. The number of ether oxygens (including phenoxy) is 1. The van der Waals surface area contributed by atoms with Crippen molar-refractivity contribution < 1.29 is 14.6 Å². The van der Waals surface area contributed by atoms with E-state index in [4.69, 9.17) is 15.6 Å². The van der Waals surface area contributed by atoms with Crippen molar-refractivity contribution in [2.45, 2.75) is 6.92 Å². The zero-order valence-electron chi connectivity index (χ0n) is 11.3. The number of carboxylic acid groups (broad SMARTS) is 1. The van der Waals surface area contributed by atoms with Gasteiger partial charge in [-0.2, -0.15) is 0 Å². The monoisotopic (exact) mass is 272 g/mol. The van der Waals surface area contributed by atoms with Gasteiger partial charge < -0.3 is 20.9 Å². The number of methoxy groups -OCH3 is 1. The molecular formula is C15H16N2O3. The molecule has 0 amide bonds. The van der Waals surface area contributed by atoms with Crippen LogP contribution in [0.2, 0.25) is 0 Å². The van der Waals surface area contributed by atoms with Gasteiger partial charge in [-0.25, -0.2) is 4.79 Å². The van der Waals surface area contributed by atoms with Crippen LogP contribution >= 0.6 is 0 Å². The Hall–Kier alpha value is -2.69. The highest BCUT2D eigenvalue weighted by molar-refractivity contribution is 5.91. The molecule has 0 aliphatic heterocycles. The van der Waals surface area contributed by atoms with Crippen LogP contribution in [0, 0.1) is 6.92 Å². The van der Waals surface area contributed by atoms with Crippen molar-refractivity contribution in [3.8, 4) is 5.75 Å². The Balaban J connectivity index is 2.41. The maximum Gasteiger partial charge on any atom is 0.335 e. The van der Waals surface area contributed by atoms with Gasteiger partial charge in [-0.3, -0.25) is 0 Å². The number of rotatable bonds is 4. The lowest BCUT2D eigenvalue weighted by Crippen LogP contribution is -2.02. The molecule has 0 saturated carbocycles. The molecule has 0 atom stereocenters. The molecule has 0 saturated heterocycles. The molecule has 5 heteroatoms. The van der Waals surface area contributed by atoms with Crippen LogP contribution in [0.1, 0.15) is 15.9 Å². The van der Waals surface area contributed by atoms with Crippen LogP contribution in [0.15, 0.2) is 36.4 Å². The first kappa shape index (κ1) is 13.7. The maximum atomic E-state index is 11.0. The average Bonchev–Trinajstić information content (AvgIpc) is 2.41. The number of aromatic carboxylic acids is 1. The fourth-order valence-corrected chi connectivity index (χ4v) is 1.86. The number of carbonyl (C=O) groups is 1. The summed E-state index contributed by atoms with van der Waals surface area (Å²) in [5.41, 5.74) is 8.85. The minimum absolute atomic E-state index is 0.174. The third-order valence-electron chi connectivity index (χ3n) is 2.92. The first-order valence-corrected chi connectivity index (χ1v) is 6.05. The summed E-state index contributed by atoms with van der Waals surface area (Å²) in [6.45, 7) is 1.96. The van der Waals surface area contributed by atoms with Crippen LogP contribution < -0.4 is 15.8 Å². The number of nitrogen functional groups attached to an aromatic ring is 1. The number of hydrogen-bond acceptors (Lipinski definition) is 4. The van der Waals surface area contributed by atoms with Crippen molar-refractivity contribution in [1.29, 1.82) is 0 Å². The number of aryl methyl sites for hydroxylation is 1. The quantitative estimate of drug-likeness (QED) is 0.745. The van der Waals surface area contributed by atoms with Gasteiger partial charge in [0.1, 0.15) is 5.75 Å². The van der Waals surface area contributed by atoms with E-state index in [9.17, 15) is 4.79 Å². The minimum atomic E-state index is -0.996. The Labute approximate surface area is 117 Å². The zero-order valence-corrected chi connectivity index (χ0v) is 11.3. The summed E-state index contributed by atoms with van der Waals surface area (Å²) < 4.78 is 5.27. The van der Waals surface area contributed by atoms with E-state index in [0.717, 1.165) is 11.3 Å². The van der Waals surface area contributed by atoms with Crippen LogP contribution in [-0.2, 0) is 0 Å². The van der Waals surface area contributed by atoms with Crippen LogP contribution in [0.3, 0.4) is 0 Å². The summed E-state index contributed by atoms with van der Waals surface area (Å²) in [6.07, 6.45) is 0. The molecule has 0 aromatic heterocycles. The largest absolute Gasteiger partial charge is 0.495 e. The highest BCUT2D eigenvalue weighted by Gasteiger charge is 2.09. The van der Waals surface area contributed by atoms with Crippen molar-refractivity contribution in [2.75, 3.05) is 18.2 Å².